The van der Waals surface area contributed by atoms with E-state index in [0.29, 0.717) is 18.8 Å². The van der Waals surface area contributed by atoms with Crippen LogP contribution in [0.25, 0.3) is 0 Å². The first kappa shape index (κ1) is 25.4. The van der Waals surface area contributed by atoms with Crippen molar-refractivity contribution in [1.29, 1.82) is 0 Å². The zero-order valence-corrected chi connectivity index (χ0v) is 20.7. The molecule has 0 aromatic heterocycles. The molecule has 0 bridgehead atoms. The van der Waals surface area contributed by atoms with Crippen molar-refractivity contribution in [2.45, 2.75) is 148 Å². The molecule has 0 radical (unpaired) electrons. The fraction of sp³-hybridized carbons (Fsp3) is 1.00. The standard InChI is InChI=1S/C28H50F2O/c1-4-6-8-20(3)31-28-26(29)18-25(19-27(28)30)24-16-14-23(15-17-24)22-12-10-21(11-13-22)9-7-5-2/h20-28H,4-19H2,1-3H3. The average molecular weight is 441 g/mol. The van der Waals surface area contributed by atoms with Crippen LogP contribution in [-0.2, 0) is 4.74 Å². The molecule has 3 aliphatic carbocycles. The van der Waals surface area contributed by atoms with Crippen LogP contribution in [0, 0.1) is 29.6 Å². The molecule has 0 heterocycles. The molecule has 3 aliphatic rings. The Bertz CT molecular complexity index is 469. The Morgan fingerprint density at radius 1 is 0.710 bits per heavy atom. The molecule has 3 rings (SSSR count). The summed E-state index contributed by atoms with van der Waals surface area (Å²) in [6.07, 6.45) is 15.9. The second-order valence-corrected chi connectivity index (χ2v) is 11.4. The SMILES string of the molecule is CCCCC1CCC(C2CCC(C3CC(F)C(OC(C)CCCC)C(F)C3)CC2)CC1. The molecule has 3 heteroatoms. The lowest BCUT2D eigenvalue weighted by Crippen LogP contribution is -2.45. The van der Waals surface area contributed by atoms with E-state index < -0.39 is 18.4 Å². The molecule has 0 aromatic carbocycles. The van der Waals surface area contributed by atoms with Crippen LogP contribution in [0.3, 0.4) is 0 Å². The smallest absolute Gasteiger partial charge is 0.129 e. The number of ether oxygens (including phenoxy) is 1. The van der Waals surface area contributed by atoms with Gasteiger partial charge in [0, 0.05) is 0 Å². The van der Waals surface area contributed by atoms with Crippen molar-refractivity contribution in [1.82, 2.24) is 0 Å². The van der Waals surface area contributed by atoms with Gasteiger partial charge >= 0.3 is 0 Å². The molecule has 3 atom stereocenters. The van der Waals surface area contributed by atoms with Gasteiger partial charge in [0.05, 0.1) is 6.10 Å². The zero-order valence-electron chi connectivity index (χ0n) is 20.7. The summed E-state index contributed by atoms with van der Waals surface area (Å²) >= 11 is 0. The molecular formula is C28H50F2O. The summed E-state index contributed by atoms with van der Waals surface area (Å²) in [6, 6.07) is 0. The Hall–Kier alpha value is -0.180. The summed E-state index contributed by atoms with van der Waals surface area (Å²) in [5.41, 5.74) is 0. The molecular weight excluding hydrogens is 390 g/mol. The van der Waals surface area contributed by atoms with Crippen LogP contribution in [0.4, 0.5) is 8.78 Å². The minimum atomic E-state index is -1.13. The predicted octanol–water partition coefficient (Wildman–Crippen LogP) is 8.84. The van der Waals surface area contributed by atoms with Crippen molar-refractivity contribution in [2.24, 2.45) is 29.6 Å². The predicted molar refractivity (Wildman–Crippen MR) is 127 cm³/mol. The minimum Gasteiger partial charge on any atom is -0.369 e. The van der Waals surface area contributed by atoms with Crippen LogP contribution in [-0.4, -0.2) is 24.6 Å². The van der Waals surface area contributed by atoms with Crippen LogP contribution >= 0.6 is 0 Å². The Kier molecular flexibility index (Phi) is 10.6. The van der Waals surface area contributed by atoms with Crippen molar-refractivity contribution >= 4 is 0 Å². The highest BCUT2D eigenvalue weighted by Gasteiger charge is 2.43. The minimum absolute atomic E-state index is 0.0366. The first-order chi connectivity index (χ1) is 15.0. The third-order valence-corrected chi connectivity index (χ3v) is 9.13. The molecule has 0 aliphatic heterocycles. The molecule has 3 saturated carbocycles. The molecule has 0 saturated heterocycles. The second kappa shape index (κ2) is 12.9. The Morgan fingerprint density at radius 2 is 1.19 bits per heavy atom. The Balaban J connectivity index is 1.39. The number of unbranched alkanes of at least 4 members (excludes halogenated alkanes) is 2. The van der Waals surface area contributed by atoms with Gasteiger partial charge in [0.2, 0.25) is 0 Å². The van der Waals surface area contributed by atoms with Crippen LogP contribution in [0.5, 0.6) is 0 Å². The van der Waals surface area contributed by atoms with Gasteiger partial charge in [-0.3, -0.25) is 0 Å². The maximum absolute atomic E-state index is 14.9. The van der Waals surface area contributed by atoms with E-state index >= 15 is 0 Å². The monoisotopic (exact) mass is 440 g/mol. The van der Waals surface area contributed by atoms with Gasteiger partial charge in [0.15, 0.2) is 0 Å². The molecule has 3 unspecified atom stereocenters. The van der Waals surface area contributed by atoms with E-state index in [1.165, 1.54) is 70.6 Å². The van der Waals surface area contributed by atoms with Gasteiger partial charge in [0.1, 0.15) is 18.4 Å². The summed E-state index contributed by atoms with van der Waals surface area (Å²) in [5, 5.41) is 0. The first-order valence-electron chi connectivity index (χ1n) is 13.9. The van der Waals surface area contributed by atoms with E-state index in [4.69, 9.17) is 4.74 Å². The van der Waals surface area contributed by atoms with Crippen molar-refractivity contribution in [3.63, 3.8) is 0 Å². The molecule has 0 amide bonds. The molecule has 31 heavy (non-hydrogen) atoms. The lowest BCUT2D eigenvalue weighted by Gasteiger charge is -2.43. The van der Waals surface area contributed by atoms with Gasteiger partial charge in [-0.25, -0.2) is 8.78 Å². The van der Waals surface area contributed by atoms with E-state index in [2.05, 4.69) is 13.8 Å². The van der Waals surface area contributed by atoms with Crippen LogP contribution < -0.4 is 0 Å². The lowest BCUT2D eigenvalue weighted by molar-refractivity contribution is -0.117. The van der Waals surface area contributed by atoms with E-state index in [-0.39, 0.29) is 12.0 Å². The molecule has 182 valence electrons. The van der Waals surface area contributed by atoms with E-state index in [9.17, 15) is 8.78 Å². The topological polar surface area (TPSA) is 9.23 Å². The highest BCUT2D eigenvalue weighted by molar-refractivity contribution is 4.92. The maximum atomic E-state index is 14.9. The number of halogens is 2. The molecule has 3 fully saturated rings. The summed E-state index contributed by atoms with van der Waals surface area (Å²) in [6.45, 7) is 6.41. The molecule has 0 spiro atoms. The van der Waals surface area contributed by atoms with Gasteiger partial charge in [-0.15, -0.1) is 0 Å². The quantitative estimate of drug-likeness (QED) is 0.329. The third kappa shape index (κ3) is 7.41. The van der Waals surface area contributed by atoms with Gasteiger partial charge in [-0.2, -0.15) is 0 Å². The third-order valence-electron chi connectivity index (χ3n) is 9.13. The molecule has 0 N–H and O–H groups in total. The van der Waals surface area contributed by atoms with Gasteiger partial charge in [-0.1, -0.05) is 58.8 Å². The van der Waals surface area contributed by atoms with Crippen LogP contribution in [0.15, 0.2) is 0 Å². The highest BCUT2D eigenvalue weighted by atomic mass is 19.1. The van der Waals surface area contributed by atoms with E-state index in [1.807, 2.05) is 6.92 Å². The second-order valence-electron chi connectivity index (χ2n) is 11.4. The van der Waals surface area contributed by atoms with Crippen molar-refractivity contribution < 1.29 is 13.5 Å². The normalized spacial score (nSPS) is 40.5. The Labute approximate surface area is 191 Å². The number of hydrogen-bond acceptors (Lipinski definition) is 1. The number of rotatable bonds is 10. The average Bonchev–Trinajstić information content (AvgIpc) is 2.79. The summed E-state index contributed by atoms with van der Waals surface area (Å²) < 4.78 is 35.7. The van der Waals surface area contributed by atoms with Crippen molar-refractivity contribution in [3.8, 4) is 0 Å². The van der Waals surface area contributed by atoms with Crippen molar-refractivity contribution in [2.75, 3.05) is 0 Å². The van der Waals surface area contributed by atoms with Crippen LogP contribution in [0.2, 0.25) is 0 Å². The van der Waals surface area contributed by atoms with Crippen LogP contribution in [0.1, 0.15) is 124 Å². The summed E-state index contributed by atoms with van der Waals surface area (Å²) in [7, 11) is 0. The summed E-state index contributed by atoms with van der Waals surface area (Å²) in [4.78, 5) is 0. The van der Waals surface area contributed by atoms with E-state index in [1.54, 1.807) is 0 Å². The number of hydrogen-bond donors (Lipinski definition) is 0. The number of alkyl halides is 2. The van der Waals surface area contributed by atoms with Gasteiger partial charge in [0.25, 0.3) is 0 Å². The largest absolute Gasteiger partial charge is 0.369 e. The molecule has 1 nitrogen and oxygen atoms in total. The maximum Gasteiger partial charge on any atom is 0.129 e. The fourth-order valence-electron chi connectivity index (χ4n) is 7.08. The molecule has 0 aromatic rings. The van der Waals surface area contributed by atoms with E-state index in [0.717, 1.165) is 37.0 Å². The zero-order chi connectivity index (χ0) is 22.2. The van der Waals surface area contributed by atoms with Gasteiger partial charge in [-0.05, 0) is 94.3 Å². The fourth-order valence-corrected chi connectivity index (χ4v) is 7.08. The Morgan fingerprint density at radius 3 is 1.71 bits per heavy atom. The van der Waals surface area contributed by atoms with Crippen molar-refractivity contribution in [3.05, 3.63) is 0 Å². The lowest BCUT2D eigenvalue weighted by atomic mass is 9.65. The first-order valence-corrected chi connectivity index (χ1v) is 13.9. The highest BCUT2D eigenvalue weighted by Crippen LogP contribution is 2.46. The van der Waals surface area contributed by atoms with Gasteiger partial charge < -0.3 is 4.74 Å². The summed E-state index contributed by atoms with van der Waals surface area (Å²) in [5.74, 6) is 3.55.